The summed E-state index contributed by atoms with van der Waals surface area (Å²) >= 11 is 5.99. The highest BCUT2D eigenvalue weighted by atomic mass is 35.5. The smallest absolute Gasteiger partial charge is 0.223 e. The summed E-state index contributed by atoms with van der Waals surface area (Å²) < 4.78 is 10.6. The minimum atomic E-state index is 0.276. The van der Waals surface area contributed by atoms with Crippen LogP contribution in [0.5, 0.6) is 5.75 Å². The van der Waals surface area contributed by atoms with Crippen LogP contribution in [0.2, 0.25) is 5.02 Å². The Morgan fingerprint density at radius 1 is 1.42 bits per heavy atom. The number of halogens is 1. The largest absolute Gasteiger partial charge is 0.485 e. The van der Waals surface area contributed by atoms with Gasteiger partial charge < -0.3 is 14.6 Å². The first-order chi connectivity index (χ1) is 9.19. The summed E-state index contributed by atoms with van der Waals surface area (Å²) in [5.41, 5.74) is 1.01. The highest BCUT2D eigenvalue weighted by Crippen LogP contribution is 2.23. The molecule has 19 heavy (non-hydrogen) atoms. The minimum absolute atomic E-state index is 0.276. The van der Waals surface area contributed by atoms with Crippen LogP contribution < -0.4 is 10.1 Å². The van der Waals surface area contributed by atoms with Gasteiger partial charge in [0.1, 0.15) is 5.75 Å². The SMILES string of the molecule is CCNCc1cc(Cl)ccc1OCc1noc(C)n1. The Morgan fingerprint density at radius 2 is 2.26 bits per heavy atom. The number of aromatic nitrogens is 2. The van der Waals surface area contributed by atoms with Crippen LogP contribution in [0.25, 0.3) is 0 Å². The molecule has 0 spiro atoms. The zero-order chi connectivity index (χ0) is 13.7. The summed E-state index contributed by atoms with van der Waals surface area (Å²) in [4.78, 5) is 4.09. The number of ether oxygens (including phenoxy) is 1. The molecule has 0 atom stereocenters. The zero-order valence-electron chi connectivity index (χ0n) is 10.9. The second kappa shape index (κ2) is 6.54. The number of hydrogen-bond acceptors (Lipinski definition) is 5. The summed E-state index contributed by atoms with van der Waals surface area (Å²) in [5, 5.41) is 7.72. The molecule has 2 aromatic rings. The fraction of sp³-hybridized carbons (Fsp3) is 0.385. The van der Waals surface area contributed by atoms with E-state index in [1.54, 1.807) is 13.0 Å². The maximum atomic E-state index is 5.99. The molecule has 1 aromatic carbocycles. The monoisotopic (exact) mass is 281 g/mol. The van der Waals surface area contributed by atoms with E-state index in [-0.39, 0.29) is 6.61 Å². The van der Waals surface area contributed by atoms with Crippen LogP contribution >= 0.6 is 11.6 Å². The van der Waals surface area contributed by atoms with E-state index in [2.05, 4.69) is 15.5 Å². The van der Waals surface area contributed by atoms with Crippen molar-refractivity contribution in [3.8, 4) is 5.75 Å². The van der Waals surface area contributed by atoms with Crippen molar-refractivity contribution in [2.75, 3.05) is 6.54 Å². The van der Waals surface area contributed by atoms with Crippen molar-refractivity contribution in [2.45, 2.75) is 27.0 Å². The van der Waals surface area contributed by atoms with Gasteiger partial charge in [-0.2, -0.15) is 4.98 Å². The zero-order valence-corrected chi connectivity index (χ0v) is 11.7. The number of aryl methyl sites for hydroxylation is 1. The average molecular weight is 282 g/mol. The normalized spacial score (nSPS) is 10.7. The predicted octanol–water partition coefficient (Wildman–Crippen LogP) is 2.72. The molecule has 1 N–H and O–H groups in total. The molecule has 0 fully saturated rings. The van der Waals surface area contributed by atoms with Gasteiger partial charge in [-0.15, -0.1) is 0 Å². The Hall–Kier alpha value is -1.59. The van der Waals surface area contributed by atoms with E-state index in [0.717, 1.165) is 17.9 Å². The molecule has 5 nitrogen and oxygen atoms in total. The third-order valence-corrected chi connectivity index (χ3v) is 2.75. The van der Waals surface area contributed by atoms with Crippen molar-refractivity contribution in [2.24, 2.45) is 0 Å². The molecule has 0 aliphatic heterocycles. The molecule has 0 unspecified atom stereocenters. The molecule has 1 aromatic heterocycles. The predicted molar refractivity (Wildman–Crippen MR) is 72.2 cm³/mol. The van der Waals surface area contributed by atoms with Crippen molar-refractivity contribution in [3.05, 3.63) is 40.5 Å². The van der Waals surface area contributed by atoms with Crippen LogP contribution in [0.3, 0.4) is 0 Å². The van der Waals surface area contributed by atoms with Crippen LogP contribution in [0, 0.1) is 6.92 Å². The van der Waals surface area contributed by atoms with Crippen molar-refractivity contribution in [1.82, 2.24) is 15.5 Å². The van der Waals surface area contributed by atoms with Crippen LogP contribution in [-0.2, 0) is 13.2 Å². The van der Waals surface area contributed by atoms with Crippen molar-refractivity contribution in [1.29, 1.82) is 0 Å². The molecule has 0 saturated carbocycles. The van der Waals surface area contributed by atoms with Gasteiger partial charge in [0.2, 0.25) is 11.7 Å². The maximum absolute atomic E-state index is 5.99. The van der Waals surface area contributed by atoms with Crippen LogP contribution in [0.1, 0.15) is 24.2 Å². The second-order valence-corrected chi connectivity index (χ2v) is 4.49. The van der Waals surface area contributed by atoms with Gasteiger partial charge in [0.15, 0.2) is 6.61 Å². The van der Waals surface area contributed by atoms with Gasteiger partial charge >= 0.3 is 0 Å². The highest BCUT2D eigenvalue weighted by molar-refractivity contribution is 6.30. The fourth-order valence-corrected chi connectivity index (χ4v) is 1.82. The molecule has 0 bridgehead atoms. The first kappa shape index (κ1) is 13.8. The van der Waals surface area contributed by atoms with Gasteiger partial charge in [-0.05, 0) is 24.7 Å². The molecule has 102 valence electrons. The highest BCUT2D eigenvalue weighted by Gasteiger charge is 2.07. The van der Waals surface area contributed by atoms with Gasteiger partial charge in [0, 0.05) is 24.1 Å². The van der Waals surface area contributed by atoms with E-state index in [1.165, 1.54) is 0 Å². The van der Waals surface area contributed by atoms with Gasteiger partial charge in [-0.25, -0.2) is 0 Å². The van der Waals surface area contributed by atoms with Crippen LogP contribution in [0.15, 0.2) is 22.7 Å². The molecule has 0 aliphatic rings. The lowest BCUT2D eigenvalue weighted by molar-refractivity contribution is 0.282. The molecular weight excluding hydrogens is 266 g/mol. The summed E-state index contributed by atoms with van der Waals surface area (Å²) in [5.74, 6) is 1.83. The molecule has 1 heterocycles. The number of rotatable bonds is 6. The van der Waals surface area contributed by atoms with E-state index >= 15 is 0 Å². The van der Waals surface area contributed by atoms with Gasteiger partial charge in [0.25, 0.3) is 0 Å². The lowest BCUT2D eigenvalue weighted by Crippen LogP contribution is -2.13. The molecule has 0 radical (unpaired) electrons. The molecule has 0 amide bonds. The van der Waals surface area contributed by atoms with E-state index in [4.69, 9.17) is 20.9 Å². The van der Waals surface area contributed by atoms with E-state index < -0.39 is 0 Å². The lowest BCUT2D eigenvalue weighted by Gasteiger charge is -2.11. The molecular formula is C13H16ClN3O2. The molecule has 6 heteroatoms. The van der Waals surface area contributed by atoms with E-state index in [1.807, 2.05) is 19.1 Å². The third kappa shape index (κ3) is 3.94. The summed E-state index contributed by atoms with van der Waals surface area (Å²) in [7, 11) is 0. The van der Waals surface area contributed by atoms with Crippen LogP contribution in [0.4, 0.5) is 0 Å². The topological polar surface area (TPSA) is 60.2 Å². The number of benzene rings is 1. The standard InChI is InChI=1S/C13H16ClN3O2/c1-3-15-7-10-6-11(14)4-5-12(10)18-8-13-16-9(2)19-17-13/h4-6,15H,3,7-8H2,1-2H3. The van der Waals surface area contributed by atoms with Crippen molar-refractivity contribution < 1.29 is 9.26 Å². The number of nitrogens with zero attached hydrogens (tertiary/aromatic N) is 2. The van der Waals surface area contributed by atoms with E-state index in [9.17, 15) is 0 Å². The first-order valence-electron chi connectivity index (χ1n) is 6.10. The summed E-state index contributed by atoms with van der Waals surface area (Å²) in [6, 6.07) is 5.54. The van der Waals surface area contributed by atoms with Gasteiger partial charge in [-0.3, -0.25) is 0 Å². The Balaban J connectivity index is 2.05. The summed E-state index contributed by atoms with van der Waals surface area (Å²) in [6.45, 7) is 5.66. The second-order valence-electron chi connectivity index (χ2n) is 4.05. The lowest BCUT2D eigenvalue weighted by atomic mass is 10.2. The third-order valence-electron chi connectivity index (χ3n) is 2.51. The molecule has 0 aliphatic carbocycles. The first-order valence-corrected chi connectivity index (χ1v) is 6.48. The Kier molecular flexibility index (Phi) is 4.76. The molecule has 0 saturated heterocycles. The Labute approximate surface area is 116 Å². The molecule has 2 rings (SSSR count). The van der Waals surface area contributed by atoms with Crippen LogP contribution in [-0.4, -0.2) is 16.7 Å². The van der Waals surface area contributed by atoms with E-state index in [0.29, 0.717) is 23.3 Å². The fourth-order valence-electron chi connectivity index (χ4n) is 1.63. The summed E-state index contributed by atoms with van der Waals surface area (Å²) in [6.07, 6.45) is 0. The average Bonchev–Trinajstić information content (AvgIpc) is 2.81. The van der Waals surface area contributed by atoms with Crippen molar-refractivity contribution in [3.63, 3.8) is 0 Å². The van der Waals surface area contributed by atoms with Crippen molar-refractivity contribution >= 4 is 11.6 Å². The van der Waals surface area contributed by atoms with Gasteiger partial charge in [0.05, 0.1) is 0 Å². The Bertz CT molecular complexity index is 542. The maximum Gasteiger partial charge on any atom is 0.223 e. The number of nitrogens with one attached hydrogen (secondary N) is 1. The quantitative estimate of drug-likeness (QED) is 0.882. The number of hydrogen-bond donors (Lipinski definition) is 1. The minimum Gasteiger partial charge on any atom is -0.485 e. The van der Waals surface area contributed by atoms with Gasteiger partial charge in [-0.1, -0.05) is 23.7 Å². The Morgan fingerprint density at radius 3 is 2.95 bits per heavy atom.